The molecule has 0 heterocycles. The van der Waals surface area contributed by atoms with E-state index in [1.54, 1.807) is 0 Å². The van der Waals surface area contributed by atoms with Crippen LogP contribution < -0.4 is 0 Å². The summed E-state index contributed by atoms with van der Waals surface area (Å²) in [6.07, 6.45) is 80.5. The van der Waals surface area contributed by atoms with Crippen LogP contribution in [0.4, 0.5) is 0 Å². The maximum absolute atomic E-state index is 12.9. The molecule has 428 valence electrons. The third kappa shape index (κ3) is 59.7. The molecule has 0 radical (unpaired) electrons. The molecule has 74 heavy (non-hydrogen) atoms. The quantitative estimate of drug-likeness (QED) is 0.0261. The molecule has 1 unspecified atom stereocenters. The lowest BCUT2D eigenvalue weighted by Gasteiger charge is -2.18. The van der Waals surface area contributed by atoms with Crippen molar-refractivity contribution >= 4 is 17.9 Å². The predicted molar refractivity (Wildman–Crippen MR) is 321 cm³/mol. The number of ether oxygens (including phenoxy) is 3. The van der Waals surface area contributed by atoms with Crippen molar-refractivity contribution in [3.05, 3.63) is 72.9 Å². The third-order valence-electron chi connectivity index (χ3n) is 14.0. The smallest absolute Gasteiger partial charge is 0.306 e. The van der Waals surface area contributed by atoms with Crippen LogP contribution in [0.25, 0.3) is 0 Å². The molecule has 0 spiro atoms. The molecule has 0 rings (SSSR count). The van der Waals surface area contributed by atoms with Crippen LogP contribution in [-0.2, 0) is 28.6 Å². The Morgan fingerprint density at radius 3 is 0.824 bits per heavy atom. The molecule has 0 aliphatic carbocycles. The Kier molecular flexibility index (Phi) is 59.7. The van der Waals surface area contributed by atoms with Crippen molar-refractivity contribution in [2.24, 2.45) is 0 Å². The zero-order chi connectivity index (χ0) is 53.6. The number of allylic oxidation sites excluding steroid dienone is 12. The minimum absolute atomic E-state index is 0.0792. The van der Waals surface area contributed by atoms with Crippen LogP contribution in [0.2, 0.25) is 0 Å². The number of unbranched alkanes of at least 4 members (excludes halogenated alkanes) is 35. The minimum Gasteiger partial charge on any atom is -0.462 e. The van der Waals surface area contributed by atoms with Crippen LogP contribution in [0.15, 0.2) is 72.9 Å². The molecule has 0 aromatic heterocycles. The molecule has 1 atom stereocenters. The second kappa shape index (κ2) is 62.4. The van der Waals surface area contributed by atoms with Crippen molar-refractivity contribution in [2.75, 3.05) is 13.2 Å². The van der Waals surface area contributed by atoms with Gasteiger partial charge in [0, 0.05) is 19.3 Å². The minimum atomic E-state index is -0.784. The zero-order valence-electron chi connectivity index (χ0n) is 49.1. The maximum atomic E-state index is 12.9. The first kappa shape index (κ1) is 70.8. The van der Waals surface area contributed by atoms with Crippen molar-refractivity contribution in [1.29, 1.82) is 0 Å². The molecule has 0 aliphatic rings. The van der Waals surface area contributed by atoms with E-state index in [1.807, 2.05) is 0 Å². The first-order valence-electron chi connectivity index (χ1n) is 31.9. The molecule has 0 aromatic carbocycles. The van der Waals surface area contributed by atoms with Crippen LogP contribution in [-0.4, -0.2) is 37.2 Å². The molecule has 0 aliphatic heterocycles. The first-order chi connectivity index (χ1) is 36.5. The van der Waals surface area contributed by atoms with Gasteiger partial charge in [0.1, 0.15) is 13.2 Å². The molecular formula is C68H120O6. The number of carbonyl (C=O) groups excluding carboxylic acids is 3. The van der Waals surface area contributed by atoms with Gasteiger partial charge in [-0.25, -0.2) is 0 Å². The highest BCUT2D eigenvalue weighted by Crippen LogP contribution is 2.17. The van der Waals surface area contributed by atoms with Gasteiger partial charge in [-0.3, -0.25) is 14.4 Å². The fraction of sp³-hybridized carbons (Fsp3) is 0.779. The van der Waals surface area contributed by atoms with E-state index in [0.717, 1.165) is 109 Å². The summed E-state index contributed by atoms with van der Waals surface area (Å²) in [5.41, 5.74) is 0. The van der Waals surface area contributed by atoms with Crippen LogP contribution in [0.5, 0.6) is 0 Å². The summed E-state index contributed by atoms with van der Waals surface area (Å²) < 4.78 is 16.9. The molecule has 0 saturated carbocycles. The fourth-order valence-electron chi connectivity index (χ4n) is 9.21. The first-order valence-corrected chi connectivity index (χ1v) is 31.9. The Bertz CT molecular complexity index is 1370. The van der Waals surface area contributed by atoms with Gasteiger partial charge in [0.2, 0.25) is 0 Å². The zero-order valence-corrected chi connectivity index (χ0v) is 49.1. The number of carbonyl (C=O) groups is 3. The summed E-state index contributed by atoms with van der Waals surface area (Å²) in [7, 11) is 0. The number of hydrogen-bond acceptors (Lipinski definition) is 6. The Morgan fingerprint density at radius 1 is 0.284 bits per heavy atom. The highest BCUT2D eigenvalue weighted by Gasteiger charge is 2.19. The lowest BCUT2D eigenvalue weighted by Crippen LogP contribution is -2.30. The number of rotatable bonds is 58. The monoisotopic (exact) mass is 1030 g/mol. The van der Waals surface area contributed by atoms with Gasteiger partial charge in [-0.05, 0) is 70.6 Å². The highest BCUT2D eigenvalue weighted by molar-refractivity contribution is 5.71. The van der Waals surface area contributed by atoms with Gasteiger partial charge in [-0.1, -0.05) is 306 Å². The SMILES string of the molecule is CC/C=C\C/C=C\C/C=C\C/C=C\C/C=C\C/C=C\CCCCCCC(=O)OCC(COC(=O)CCCCCCCCCCCCCCC)OC(=O)CCCCCCCCCCCCCCCCCCCCCC. The molecule has 0 amide bonds. The highest BCUT2D eigenvalue weighted by atomic mass is 16.6. The van der Waals surface area contributed by atoms with Gasteiger partial charge in [-0.15, -0.1) is 0 Å². The van der Waals surface area contributed by atoms with Crippen molar-refractivity contribution in [3.63, 3.8) is 0 Å². The van der Waals surface area contributed by atoms with Crippen LogP contribution in [0, 0.1) is 0 Å². The summed E-state index contributed by atoms with van der Waals surface area (Å²) in [5, 5.41) is 0. The van der Waals surface area contributed by atoms with Crippen molar-refractivity contribution < 1.29 is 28.6 Å². The van der Waals surface area contributed by atoms with Gasteiger partial charge in [0.25, 0.3) is 0 Å². The van der Waals surface area contributed by atoms with Gasteiger partial charge in [-0.2, -0.15) is 0 Å². The largest absolute Gasteiger partial charge is 0.462 e. The fourth-order valence-corrected chi connectivity index (χ4v) is 9.21. The van der Waals surface area contributed by atoms with Gasteiger partial charge in [0.05, 0.1) is 0 Å². The summed E-state index contributed by atoms with van der Waals surface area (Å²) in [6, 6.07) is 0. The Hall–Kier alpha value is -3.15. The maximum Gasteiger partial charge on any atom is 0.306 e. The second-order valence-electron chi connectivity index (χ2n) is 21.3. The van der Waals surface area contributed by atoms with Crippen molar-refractivity contribution in [3.8, 4) is 0 Å². The van der Waals surface area contributed by atoms with E-state index >= 15 is 0 Å². The Labute approximate surface area is 459 Å². The van der Waals surface area contributed by atoms with E-state index in [9.17, 15) is 14.4 Å². The molecule has 0 N–H and O–H groups in total. The number of hydrogen-bond donors (Lipinski definition) is 0. The average Bonchev–Trinajstić information content (AvgIpc) is 3.40. The van der Waals surface area contributed by atoms with Crippen molar-refractivity contribution in [2.45, 2.75) is 329 Å². The number of esters is 3. The summed E-state index contributed by atoms with van der Waals surface area (Å²) in [4.78, 5) is 38.3. The molecular weight excluding hydrogens is 913 g/mol. The Morgan fingerprint density at radius 2 is 0.527 bits per heavy atom. The lowest BCUT2D eigenvalue weighted by atomic mass is 10.0. The molecule has 0 saturated heterocycles. The van der Waals surface area contributed by atoms with Crippen LogP contribution >= 0.6 is 0 Å². The van der Waals surface area contributed by atoms with Crippen LogP contribution in [0.3, 0.4) is 0 Å². The van der Waals surface area contributed by atoms with E-state index in [1.165, 1.54) is 173 Å². The van der Waals surface area contributed by atoms with Gasteiger partial charge < -0.3 is 14.2 Å². The topological polar surface area (TPSA) is 78.9 Å². The standard InChI is InChI=1S/C68H120O6/c1-4-7-10-13-16-19-22-25-27-29-31-33-34-35-37-38-40-43-46-49-52-55-58-61-67(70)73-64-65(63-72-66(69)60-57-54-51-48-45-42-24-21-18-15-12-9-6-3)74-68(71)62-59-56-53-50-47-44-41-39-36-32-30-28-26-23-20-17-14-11-8-5-2/h7,10,16,19,25,27,31,33,35,37,40,43,65H,4-6,8-9,11-15,17-18,20-24,26,28-30,32,34,36,38-39,41-42,44-64H2,1-3H3/b10-7-,19-16-,27-25-,33-31-,37-35-,43-40-. The average molecular weight is 1030 g/mol. The molecule has 0 aromatic rings. The molecule has 6 heteroatoms. The van der Waals surface area contributed by atoms with E-state index in [-0.39, 0.29) is 31.1 Å². The third-order valence-corrected chi connectivity index (χ3v) is 14.0. The van der Waals surface area contributed by atoms with Gasteiger partial charge >= 0.3 is 17.9 Å². The predicted octanol–water partition coefficient (Wildman–Crippen LogP) is 21.7. The van der Waals surface area contributed by atoms with Crippen molar-refractivity contribution in [1.82, 2.24) is 0 Å². The van der Waals surface area contributed by atoms with E-state index in [2.05, 4.69) is 93.7 Å². The Balaban J connectivity index is 4.36. The summed E-state index contributed by atoms with van der Waals surface area (Å²) in [5.74, 6) is -0.887. The van der Waals surface area contributed by atoms with E-state index in [0.29, 0.717) is 19.3 Å². The van der Waals surface area contributed by atoms with Crippen LogP contribution in [0.1, 0.15) is 323 Å². The lowest BCUT2D eigenvalue weighted by molar-refractivity contribution is -0.167. The molecule has 0 bridgehead atoms. The van der Waals surface area contributed by atoms with E-state index < -0.39 is 6.10 Å². The second-order valence-corrected chi connectivity index (χ2v) is 21.3. The van der Waals surface area contributed by atoms with Gasteiger partial charge in [0.15, 0.2) is 6.10 Å². The molecule has 0 fully saturated rings. The summed E-state index contributed by atoms with van der Waals surface area (Å²) in [6.45, 7) is 6.55. The molecule has 6 nitrogen and oxygen atoms in total. The normalized spacial score (nSPS) is 12.5. The summed E-state index contributed by atoms with van der Waals surface area (Å²) >= 11 is 0. The van der Waals surface area contributed by atoms with E-state index in [4.69, 9.17) is 14.2 Å².